The van der Waals surface area contributed by atoms with Crippen molar-refractivity contribution in [3.8, 4) is 5.75 Å². The highest BCUT2D eigenvalue weighted by Crippen LogP contribution is 2.27. The van der Waals surface area contributed by atoms with Crippen LogP contribution in [-0.2, 0) is 5.41 Å². The average molecular weight is 241 g/mol. The van der Waals surface area contributed by atoms with Gasteiger partial charge in [-0.2, -0.15) is 0 Å². The summed E-state index contributed by atoms with van der Waals surface area (Å²) in [6.07, 6.45) is 0. The van der Waals surface area contributed by atoms with Crippen LogP contribution in [0.4, 0.5) is 0 Å². The van der Waals surface area contributed by atoms with Crippen molar-refractivity contribution < 1.29 is 4.74 Å². The van der Waals surface area contributed by atoms with E-state index in [0.29, 0.717) is 5.88 Å². The Morgan fingerprint density at radius 1 is 1.12 bits per heavy atom. The minimum absolute atomic E-state index is 0.143. The summed E-state index contributed by atoms with van der Waals surface area (Å²) in [5.41, 5.74) is 1.10. The van der Waals surface area contributed by atoms with E-state index >= 15 is 0 Å². The van der Waals surface area contributed by atoms with Gasteiger partial charge in [-0.25, -0.2) is 0 Å². The van der Waals surface area contributed by atoms with Gasteiger partial charge in [0.1, 0.15) is 11.4 Å². The molecule has 0 aliphatic rings. The van der Waals surface area contributed by atoms with E-state index < -0.39 is 0 Å². The molecule has 0 amide bonds. The number of benzene rings is 1. The maximum atomic E-state index is 5.85. The number of alkyl halides is 1. The molecule has 1 aromatic carbocycles. The van der Waals surface area contributed by atoms with Gasteiger partial charge in [0.2, 0.25) is 0 Å². The van der Waals surface area contributed by atoms with Crippen molar-refractivity contribution in [2.24, 2.45) is 0 Å². The third kappa shape index (κ3) is 3.71. The molecule has 0 unspecified atom stereocenters. The number of rotatable bonds is 3. The van der Waals surface area contributed by atoms with Gasteiger partial charge in [-0.3, -0.25) is 0 Å². The second kappa shape index (κ2) is 4.67. The fraction of sp³-hybridized carbons (Fsp3) is 0.571. The lowest BCUT2D eigenvalue weighted by Gasteiger charge is -2.25. The highest BCUT2D eigenvalue weighted by atomic mass is 35.5. The summed E-state index contributed by atoms with van der Waals surface area (Å²) in [6.45, 7) is 10.6. The zero-order valence-electron chi connectivity index (χ0n) is 10.8. The van der Waals surface area contributed by atoms with Crippen molar-refractivity contribution in [3.63, 3.8) is 0 Å². The number of hydrogen-bond donors (Lipinski definition) is 0. The first-order valence-electron chi connectivity index (χ1n) is 5.60. The van der Waals surface area contributed by atoms with Crippen LogP contribution in [0, 0.1) is 0 Å². The van der Waals surface area contributed by atoms with Gasteiger partial charge in [0.25, 0.3) is 0 Å². The molecule has 0 aromatic heterocycles. The average Bonchev–Trinajstić information content (AvgIpc) is 2.16. The Morgan fingerprint density at radius 2 is 1.75 bits per heavy atom. The van der Waals surface area contributed by atoms with Gasteiger partial charge in [0.15, 0.2) is 0 Å². The van der Waals surface area contributed by atoms with E-state index in [1.807, 2.05) is 26.0 Å². The van der Waals surface area contributed by atoms with Crippen LogP contribution < -0.4 is 4.74 Å². The summed E-state index contributed by atoms with van der Waals surface area (Å²) < 4.78 is 5.85. The SMILES string of the molecule is CC(C)(CCl)Oc1cccc(C(C)(C)C)c1. The monoisotopic (exact) mass is 240 g/mol. The number of halogens is 1. The summed E-state index contributed by atoms with van der Waals surface area (Å²) in [4.78, 5) is 0. The van der Waals surface area contributed by atoms with Crippen LogP contribution in [0.1, 0.15) is 40.2 Å². The summed E-state index contributed by atoms with van der Waals surface area (Å²) in [5, 5.41) is 0. The molecule has 1 nitrogen and oxygen atoms in total. The van der Waals surface area contributed by atoms with Crippen LogP contribution in [-0.4, -0.2) is 11.5 Å². The Bertz CT molecular complexity index is 350. The van der Waals surface area contributed by atoms with E-state index in [0.717, 1.165) is 5.75 Å². The van der Waals surface area contributed by atoms with Crippen molar-refractivity contribution in [2.45, 2.75) is 45.6 Å². The van der Waals surface area contributed by atoms with E-state index in [4.69, 9.17) is 16.3 Å². The van der Waals surface area contributed by atoms with Crippen molar-refractivity contribution in [3.05, 3.63) is 29.8 Å². The van der Waals surface area contributed by atoms with E-state index in [1.54, 1.807) is 0 Å². The van der Waals surface area contributed by atoms with Crippen LogP contribution >= 0.6 is 11.6 Å². The first kappa shape index (κ1) is 13.4. The molecular formula is C14H21ClO. The largest absolute Gasteiger partial charge is 0.487 e. The quantitative estimate of drug-likeness (QED) is 0.713. The van der Waals surface area contributed by atoms with Gasteiger partial charge >= 0.3 is 0 Å². The zero-order valence-corrected chi connectivity index (χ0v) is 11.6. The summed E-state index contributed by atoms with van der Waals surface area (Å²) in [7, 11) is 0. The highest BCUT2D eigenvalue weighted by Gasteiger charge is 2.19. The van der Waals surface area contributed by atoms with E-state index in [-0.39, 0.29) is 11.0 Å². The molecule has 0 N–H and O–H groups in total. The molecule has 0 saturated carbocycles. The van der Waals surface area contributed by atoms with Crippen molar-refractivity contribution >= 4 is 11.6 Å². The minimum Gasteiger partial charge on any atom is -0.487 e. The van der Waals surface area contributed by atoms with Crippen molar-refractivity contribution in [1.29, 1.82) is 0 Å². The summed E-state index contributed by atoms with van der Waals surface area (Å²) >= 11 is 5.85. The molecule has 16 heavy (non-hydrogen) atoms. The fourth-order valence-corrected chi connectivity index (χ4v) is 1.43. The Morgan fingerprint density at radius 3 is 2.25 bits per heavy atom. The molecule has 0 fully saturated rings. The maximum Gasteiger partial charge on any atom is 0.120 e. The topological polar surface area (TPSA) is 9.23 Å². The Kier molecular flexibility index (Phi) is 3.90. The Balaban J connectivity index is 2.92. The molecule has 0 radical (unpaired) electrons. The molecule has 0 spiro atoms. The molecule has 0 heterocycles. The van der Waals surface area contributed by atoms with Gasteiger partial charge in [-0.1, -0.05) is 32.9 Å². The molecule has 1 rings (SSSR count). The predicted octanol–water partition coefficient (Wildman–Crippen LogP) is 4.38. The zero-order chi connectivity index (χ0) is 12.4. The van der Waals surface area contributed by atoms with Gasteiger partial charge < -0.3 is 4.74 Å². The van der Waals surface area contributed by atoms with E-state index in [9.17, 15) is 0 Å². The van der Waals surface area contributed by atoms with Crippen LogP contribution in [0.25, 0.3) is 0 Å². The minimum atomic E-state index is -0.321. The molecule has 0 aliphatic carbocycles. The second-order valence-electron chi connectivity index (χ2n) is 5.77. The molecule has 2 heteroatoms. The van der Waals surface area contributed by atoms with Crippen LogP contribution in [0.3, 0.4) is 0 Å². The molecule has 0 bridgehead atoms. The standard InChI is InChI=1S/C14H21ClO/c1-13(2,3)11-7-6-8-12(9-11)16-14(4,5)10-15/h6-9H,10H2,1-5H3. The maximum absolute atomic E-state index is 5.85. The van der Waals surface area contributed by atoms with E-state index in [2.05, 4.69) is 32.9 Å². The molecule has 90 valence electrons. The van der Waals surface area contributed by atoms with Crippen LogP contribution in [0.15, 0.2) is 24.3 Å². The van der Waals surface area contributed by atoms with E-state index in [1.165, 1.54) is 5.56 Å². The lowest BCUT2D eigenvalue weighted by atomic mass is 9.87. The van der Waals surface area contributed by atoms with Gasteiger partial charge in [-0.05, 0) is 37.0 Å². The fourth-order valence-electron chi connectivity index (χ4n) is 1.37. The lowest BCUT2D eigenvalue weighted by molar-refractivity contribution is 0.134. The van der Waals surface area contributed by atoms with Crippen molar-refractivity contribution in [1.82, 2.24) is 0 Å². The summed E-state index contributed by atoms with van der Waals surface area (Å²) in [6, 6.07) is 8.22. The predicted molar refractivity (Wildman–Crippen MR) is 70.6 cm³/mol. The first-order chi connectivity index (χ1) is 7.24. The van der Waals surface area contributed by atoms with Crippen LogP contribution in [0.2, 0.25) is 0 Å². The van der Waals surface area contributed by atoms with Gasteiger partial charge in [0.05, 0.1) is 5.88 Å². The molecule has 0 aliphatic heterocycles. The second-order valence-corrected chi connectivity index (χ2v) is 6.04. The number of hydrogen-bond acceptors (Lipinski definition) is 1. The van der Waals surface area contributed by atoms with Crippen LogP contribution in [0.5, 0.6) is 5.75 Å². The van der Waals surface area contributed by atoms with Gasteiger partial charge in [0, 0.05) is 0 Å². The molecule has 0 saturated heterocycles. The smallest absolute Gasteiger partial charge is 0.120 e. The Hall–Kier alpha value is -0.690. The molecule has 0 atom stereocenters. The molecule has 1 aromatic rings. The summed E-state index contributed by atoms with van der Waals surface area (Å²) in [5.74, 6) is 1.37. The Labute approximate surface area is 104 Å². The normalized spacial score (nSPS) is 12.6. The first-order valence-corrected chi connectivity index (χ1v) is 6.13. The number of ether oxygens (including phenoxy) is 1. The molecular weight excluding hydrogens is 220 g/mol. The van der Waals surface area contributed by atoms with Crippen molar-refractivity contribution in [2.75, 3.05) is 5.88 Å². The third-order valence-corrected chi connectivity index (χ3v) is 3.06. The lowest BCUT2D eigenvalue weighted by Crippen LogP contribution is -2.30. The third-order valence-electron chi connectivity index (χ3n) is 2.42. The van der Waals surface area contributed by atoms with Gasteiger partial charge in [-0.15, -0.1) is 11.6 Å². The highest BCUT2D eigenvalue weighted by molar-refractivity contribution is 6.18.